The van der Waals surface area contributed by atoms with Crippen molar-refractivity contribution in [3.8, 4) is 0 Å². The molecule has 3 heterocycles. The van der Waals surface area contributed by atoms with Crippen molar-refractivity contribution in [2.75, 3.05) is 37.6 Å². The van der Waals surface area contributed by atoms with Gasteiger partial charge in [-0.2, -0.15) is 4.98 Å². The molecule has 5 rings (SSSR count). The lowest BCUT2D eigenvalue weighted by molar-refractivity contribution is 0.282. The molecule has 0 amide bonds. The van der Waals surface area contributed by atoms with Crippen LogP contribution >= 0.6 is 11.6 Å². The quantitative estimate of drug-likeness (QED) is 0.404. The monoisotopic (exact) mass is 504 g/mol. The molecule has 1 saturated heterocycles. The van der Waals surface area contributed by atoms with Crippen molar-refractivity contribution in [3.63, 3.8) is 0 Å². The topological polar surface area (TPSA) is 68.3 Å². The number of aromatic nitrogens is 4. The van der Waals surface area contributed by atoms with Crippen molar-refractivity contribution in [3.05, 3.63) is 97.7 Å². The van der Waals surface area contributed by atoms with Crippen LogP contribution in [0.1, 0.15) is 11.1 Å². The van der Waals surface area contributed by atoms with Crippen LogP contribution in [0.4, 0.5) is 5.95 Å². The Morgan fingerprint density at radius 1 is 0.917 bits per heavy atom. The molecule has 36 heavy (non-hydrogen) atoms. The summed E-state index contributed by atoms with van der Waals surface area (Å²) in [7, 11) is 3.16. The fraction of sp³-hybridized carbons (Fsp3) is 0.296. The van der Waals surface area contributed by atoms with Crippen LogP contribution in [0.15, 0.2) is 70.3 Å². The Morgan fingerprint density at radius 2 is 1.61 bits per heavy atom. The van der Waals surface area contributed by atoms with Gasteiger partial charge in [0, 0.05) is 51.8 Å². The number of piperazine rings is 1. The van der Waals surface area contributed by atoms with Gasteiger partial charge < -0.3 is 4.90 Å². The Morgan fingerprint density at radius 3 is 2.31 bits per heavy atom. The molecule has 1 fully saturated rings. The molecule has 1 aliphatic heterocycles. The van der Waals surface area contributed by atoms with Gasteiger partial charge in [0.2, 0.25) is 5.95 Å². The summed E-state index contributed by atoms with van der Waals surface area (Å²) in [6.07, 6.45) is 4.34. The molecule has 2 aromatic carbocycles. The normalized spacial score (nSPS) is 14.8. The molecule has 0 bridgehead atoms. The Balaban J connectivity index is 1.42. The van der Waals surface area contributed by atoms with E-state index in [0.717, 1.165) is 42.9 Å². The maximum absolute atomic E-state index is 13.2. The number of benzene rings is 2. The second kappa shape index (κ2) is 10.2. The van der Waals surface area contributed by atoms with Gasteiger partial charge in [-0.25, -0.2) is 4.79 Å². The van der Waals surface area contributed by atoms with Gasteiger partial charge in [0.15, 0.2) is 11.2 Å². The summed E-state index contributed by atoms with van der Waals surface area (Å²) in [6, 6.07) is 17.9. The third kappa shape index (κ3) is 4.74. The molecule has 0 spiro atoms. The van der Waals surface area contributed by atoms with Crippen LogP contribution in [0.3, 0.4) is 0 Å². The zero-order valence-corrected chi connectivity index (χ0v) is 21.2. The number of rotatable bonds is 6. The number of imidazole rings is 1. The highest BCUT2D eigenvalue weighted by Gasteiger charge is 2.25. The van der Waals surface area contributed by atoms with Gasteiger partial charge in [0.25, 0.3) is 5.56 Å². The van der Waals surface area contributed by atoms with E-state index in [1.165, 1.54) is 17.2 Å². The predicted molar refractivity (Wildman–Crippen MR) is 145 cm³/mol. The number of fused-ring (bicyclic) bond motifs is 1. The largest absolute Gasteiger partial charge is 0.340 e. The van der Waals surface area contributed by atoms with Crippen molar-refractivity contribution < 1.29 is 0 Å². The third-order valence-corrected chi connectivity index (χ3v) is 6.96. The fourth-order valence-corrected chi connectivity index (χ4v) is 4.76. The van der Waals surface area contributed by atoms with Gasteiger partial charge in [-0.15, -0.1) is 0 Å². The highest BCUT2D eigenvalue weighted by atomic mass is 35.5. The summed E-state index contributed by atoms with van der Waals surface area (Å²) < 4.78 is 4.53. The molecular formula is C27H29ClN6O2. The van der Waals surface area contributed by atoms with Crippen LogP contribution in [0, 0.1) is 0 Å². The van der Waals surface area contributed by atoms with Gasteiger partial charge >= 0.3 is 5.69 Å². The molecule has 0 N–H and O–H groups in total. The zero-order chi connectivity index (χ0) is 25.2. The first kappa shape index (κ1) is 24.1. The first-order valence-corrected chi connectivity index (χ1v) is 12.4. The van der Waals surface area contributed by atoms with Crippen LogP contribution in [0.2, 0.25) is 5.02 Å². The van der Waals surface area contributed by atoms with Crippen LogP contribution in [-0.2, 0) is 20.6 Å². The van der Waals surface area contributed by atoms with E-state index >= 15 is 0 Å². The summed E-state index contributed by atoms with van der Waals surface area (Å²) in [4.78, 5) is 35.2. The Kier molecular flexibility index (Phi) is 6.80. The molecule has 1 aliphatic rings. The summed E-state index contributed by atoms with van der Waals surface area (Å²) in [5, 5.41) is 0.658. The SMILES string of the molecule is Cn1c(=O)c2c(nc(N3CCN(C/C=C/c4ccccc4)CC3)n2Cc2ccc(Cl)cc2)n(C)c1=O. The molecule has 2 aromatic heterocycles. The first-order valence-electron chi connectivity index (χ1n) is 12.0. The lowest BCUT2D eigenvalue weighted by atomic mass is 10.2. The molecule has 0 saturated carbocycles. The van der Waals surface area contributed by atoms with E-state index in [1.807, 2.05) is 47.0 Å². The number of hydrogen-bond donors (Lipinski definition) is 0. The summed E-state index contributed by atoms with van der Waals surface area (Å²) in [6.45, 7) is 4.63. The number of hydrogen-bond acceptors (Lipinski definition) is 5. The van der Waals surface area contributed by atoms with E-state index < -0.39 is 0 Å². The lowest BCUT2D eigenvalue weighted by Gasteiger charge is -2.35. The Bertz CT molecular complexity index is 1510. The molecule has 186 valence electrons. The minimum Gasteiger partial charge on any atom is -0.340 e. The number of anilines is 1. The van der Waals surface area contributed by atoms with E-state index in [2.05, 4.69) is 34.1 Å². The lowest BCUT2D eigenvalue weighted by Crippen LogP contribution is -2.47. The Labute approximate surface area is 214 Å². The highest BCUT2D eigenvalue weighted by Crippen LogP contribution is 2.23. The molecule has 4 aromatic rings. The molecule has 8 nitrogen and oxygen atoms in total. The van der Waals surface area contributed by atoms with Crippen LogP contribution in [0.25, 0.3) is 17.2 Å². The second-order valence-electron chi connectivity index (χ2n) is 9.10. The molecule has 0 atom stereocenters. The van der Waals surface area contributed by atoms with E-state index in [1.54, 1.807) is 7.05 Å². The Hall–Kier alpha value is -3.62. The summed E-state index contributed by atoms with van der Waals surface area (Å²) >= 11 is 6.08. The molecule has 0 unspecified atom stereocenters. The summed E-state index contributed by atoms with van der Waals surface area (Å²) in [5.41, 5.74) is 2.30. The van der Waals surface area contributed by atoms with Crippen molar-refractivity contribution in [1.82, 2.24) is 23.6 Å². The van der Waals surface area contributed by atoms with E-state index in [-0.39, 0.29) is 11.2 Å². The second-order valence-corrected chi connectivity index (χ2v) is 9.54. The van der Waals surface area contributed by atoms with Crippen molar-refractivity contribution >= 4 is 34.8 Å². The van der Waals surface area contributed by atoms with Gasteiger partial charge in [0.1, 0.15) is 0 Å². The molecular weight excluding hydrogens is 476 g/mol. The van der Waals surface area contributed by atoms with Crippen molar-refractivity contribution in [1.29, 1.82) is 0 Å². The van der Waals surface area contributed by atoms with Gasteiger partial charge in [-0.3, -0.25) is 23.4 Å². The number of aryl methyl sites for hydroxylation is 1. The first-order chi connectivity index (χ1) is 17.4. The molecule has 0 radical (unpaired) electrons. The number of nitrogens with zero attached hydrogens (tertiary/aromatic N) is 6. The standard InChI is InChI=1S/C27H29ClN6O2/c1-30-24-23(25(35)31(2)27(30)36)34(19-21-10-12-22(28)13-11-21)26(29-24)33-17-15-32(16-18-33)14-6-9-20-7-4-3-5-8-20/h3-13H,14-19H2,1-2H3/b9-6+. The van der Waals surface area contributed by atoms with Crippen LogP contribution in [0.5, 0.6) is 0 Å². The zero-order valence-electron chi connectivity index (χ0n) is 20.5. The van der Waals surface area contributed by atoms with Gasteiger partial charge in [-0.1, -0.05) is 66.2 Å². The highest BCUT2D eigenvalue weighted by molar-refractivity contribution is 6.30. The predicted octanol–water partition coefficient (Wildman–Crippen LogP) is 2.97. The fourth-order valence-electron chi connectivity index (χ4n) is 4.63. The van der Waals surface area contributed by atoms with E-state index in [4.69, 9.17) is 16.6 Å². The van der Waals surface area contributed by atoms with E-state index in [0.29, 0.717) is 28.7 Å². The molecule has 0 aliphatic carbocycles. The maximum atomic E-state index is 13.2. The minimum atomic E-state index is -0.384. The van der Waals surface area contributed by atoms with Gasteiger partial charge in [0.05, 0.1) is 6.54 Å². The van der Waals surface area contributed by atoms with Crippen LogP contribution < -0.4 is 16.1 Å². The molecule has 9 heteroatoms. The maximum Gasteiger partial charge on any atom is 0.332 e. The van der Waals surface area contributed by atoms with E-state index in [9.17, 15) is 9.59 Å². The average Bonchev–Trinajstić information content (AvgIpc) is 3.28. The smallest absolute Gasteiger partial charge is 0.332 e. The number of halogens is 1. The third-order valence-electron chi connectivity index (χ3n) is 6.71. The average molecular weight is 505 g/mol. The van der Waals surface area contributed by atoms with Crippen molar-refractivity contribution in [2.24, 2.45) is 14.1 Å². The van der Waals surface area contributed by atoms with Crippen molar-refractivity contribution in [2.45, 2.75) is 6.54 Å². The minimum absolute atomic E-state index is 0.342. The van der Waals surface area contributed by atoms with Crippen LogP contribution in [-0.4, -0.2) is 56.3 Å². The summed E-state index contributed by atoms with van der Waals surface area (Å²) in [5.74, 6) is 0.706. The van der Waals surface area contributed by atoms with Gasteiger partial charge in [-0.05, 0) is 23.3 Å².